The Morgan fingerprint density at radius 3 is 2.33 bits per heavy atom. The summed E-state index contributed by atoms with van der Waals surface area (Å²) >= 11 is 0. The van der Waals surface area contributed by atoms with Gasteiger partial charge in [0.15, 0.2) is 0 Å². The smallest absolute Gasteiger partial charge is 0.264 e. The number of rotatable bonds is 10. The second-order valence-corrected chi connectivity index (χ2v) is 8.98. The van der Waals surface area contributed by atoms with Crippen LogP contribution in [-0.4, -0.2) is 33.7 Å². The van der Waals surface area contributed by atoms with Gasteiger partial charge in [0.05, 0.1) is 16.8 Å². The van der Waals surface area contributed by atoms with Gasteiger partial charge in [-0.15, -0.1) is 0 Å². The number of carbonyl (C=O) groups excluding carboxylic acids is 1. The number of anilines is 1. The molecule has 3 aromatic carbocycles. The molecule has 0 atom stereocenters. The quantitative estimate of drug-likeness (QED) is 0.281. The normalized spacial score (nSPS) is 11.2. The van der Waals surface area contributed by atoms with Gasteiger partial charge in [-0.25, -0.2) is 13.8 Å². The summed E-state index contributed by atoms with van der Waals surface area (Å²) in [6.45, 7) is 5.46. The zero-order valence-corrected chi connectivity index (χ0v) is 19.0. The highest BCUT2D eigenvalue weighted by Gasteiger charge is 2.27. The van der Waals surface area contributed by atoms with Crippen LogP contribution in [0, 0.1) is 6.92 Å². The van der Waals surface area contributed by atoms with E-state index < -0.39 is 22.5 Å². The van der Waals surface area contributed by atoms with Gasteiger partial charge in [0, 0.05) is 0 Å². The fraction of sp³-hybridized carbons (Fsp3) is 0.120. The molecule has 0 saturated carbocycles. The van der Waals surface area contributed by atoms with Crippen LogP contribution in [0.3, 0.4) is 0 Å². The first-order valence-corrected chi connectivity index (χ1v) is 11.6. The van der Waals surface area contributed by atoms with Crippen LogP contribution in [-0.2, 0) is 14.8 Å². The van der Waals surface area contributed by atoms with Crippen molar-refractivity contribution in [3.63, 3.8) is 0 Å². The number of nitrogens with zero attached hydrogens (tertiary/aromatic N) is 2. The lowest BCUT2D eigenvalue weighted by Gasteiger charge is -2.23. The zero-order chi connectivity index (χ0) is 23.7. The zero-order valence-electron chi connectivity index (χ0n) is 18.2. The number of carbonyl (C=O) groups is 1. The van der Waals surface area contributed by atoms with Gasteiger partial charge < -0.3 is 4.74 Å². The lowest BCUT2D eigenvalue weighted by molar-refractivity contribution is -0.119. The van der Waals surface area contributed by atoms with Crippen LogP contribution in [0.1, 0.15) is 11.1 Å². The summed E-state index contributed by atoms with van der Waals surface area (Å²) in [6.07, 6.45) is 3.12. The molecule has 0 saturated heterocycles. The summed E-state index contributed by atoms with van der Waals surface area (Å²) in [4.78, 5) is 12.7. The summed E-state index contributed by atoms with van der Waals surface area (Å²) in [5.74, 6) is 0.118. The molecular formula is C25H25N3O4S. The van der Waals surface area contributed by atoms with Crippen molar-refractivity contribution in [2.75, 3.05) is 17.5 Å². The molecule has 7 nitrogen and oxygen atoms in total. The molecular weight excluding hydrogens is 438 g/mol. The van der Waals surface area contributed by atoms with Gasteiger partial charge in [-0.1, -0.05) is 48.6 Å². The largest absolute Gasteiger partial charge is 0.490 e. The van der Waals surface area contributed by atoms with Crippen molar-refractivity contribution < 1.29 is 17.9 Å². The summed E-state index contributed by atoms with van der Waals surface area (Å²) < 4.78 is 33.0. The monoisotopic (exact) mass is 463 g/mol. The van der Waals surface area contributed by atoms with Gasteiger partial charge in [-0.3, -0.25) is 9.10 Å². The van der Waals surface area contributed by atoms with Crippen molar-refractivity contribution in [2.45, 2.75) is 11.8 Å². The van der Waals surface area contributed by atoms with Crippen molar-refractivity contribution in [2.24, 2.45) is 5.10 Å². The summed E-state index contributed by atoms with van der Waals surface area (Å²) in [5, 5.41) is 3.94. The molecule has 0 aliphatic heterocycles. The van der Waals surface area contributed by atoms with Gasteiger partial charge in [-0.2, -0.15) is 5.10 Å². The number of para-hydroxylation sites is 1. The lowest BCUT2D eigenvalue weighted by atomic mass is 10.2. The highest BCUT2D eigenvalue weighted by atomic mass is 32.2. The van der Waals surface area contributed by atoms with Gasteiger partial charge in [-0.05, 0) is 61.0 Å². The molecule has 0 radical (unpaired) electrons. The highest BCUT2D eigenvalue weighted by Crippen LogP contribution is 2.23. The SMILES string of the molecule is C=CCOc1ccc(/C=N\NC(=O)CN(c2ccccc2)S(=O)(=O)c2ccc(C)cc2)cc1. The molecule has 0 unspecified atom stereocenters. The Hall–Kier alpha value is -3.91. The molecule has 0 fully saturated rings. The maximum atomic E-state index is 13.3. The number of sulfonamides is 1. The molecule has 3 rings (SSSR count). The van der Waals surface area contributed by atoms with Crippen LogP contribution in [0.5, 0.6) is 5.75 Å². The number of ether oxygens (including phenoxy) is 1. The molecule has 1 N–H and O–H groups in total. The van der Waals surface area contributed by atoms with E-state index in [0.29, 0.717) is 18.0 Å². The number of aryl methyl sites for hydroxylation is 1. The molecule has 33 heavy (non-hydrogen) atoms. The van der Waals surface area contributed by atoms with Crippen LogP contribution in [0.4, 0.5) is 5.69 Å². The average Bonchev–Trinajstić information content (AvgIpc) is 2.83. The highest BCUT2D eigenvalue weighted by molar-refractivity contribution is 7.92. The summed E-state index contributed by atoms with van der Waals surface area (Å²) in [5.41, 5.74) is 4.46. The third-order valence-corrected chi connectivity index (χ3v) is 6.38. The van der Waals surface area contributed by atoms with Crippen LogP contribution in [0.2, 0.25) is 0 Å². The lowest BCUT2D eigenvalue weighted by Crippen LogP contribution is -2.39. The number of hydrogen-bond acceptors (Lipinski definition) is 5. The van der Waals surface area contributed by atoms with Crippen molar-refractivity contribution in [3.05, 3.63) is 103 Å². The molecule has 170 valence electrons. The van der Waals surface area contributed by atoms with Gasteiger partial charge >= 0.3 is 0 Å². The first-order chi connectivity index (χ1) is 15.9. The van der Waals surface area contributed by atoms with Crippen molar-refractivity contribution in [3.8, 4) is 5.75 Å². The van der Waals surface area contributed by atoms with E-state index in [1.165, 1.54) is 18.3 Å². The molecule has 0 spiro atoms. The molecule has 8 heteroatoms. The van der Waals surface area contributed by atoms with E-state index in [1.807, 2.05) is 6.92 Å². The van der Waals surface area contributed by atoms with Crippen LogP contribution < -0.4 is 14.5 Å². The topological polar surface area (TPSA) is 88.1 Å². The van der Waals surface area contributed by atoms with Gasteiger partial charge in [0.2, 0.25) is 0 Å². The molecule has 0 aliphatic rings. The maximum absolute atomic E-state index is 13.3. The number of nitrogens with one attached hydrogen (secondary N) is 1. The van der Waals surface area contributed by atoms with E-state index in [-0.39, 0.29) is 4.90 Å². The van der Waals surface area contributed by atoms with Gasteiger partial charge in [0.1, 0.15) is 18.9 Å². The standard InChI is InChI=1S/C25H25N3O4S/c1-3-17-32-23-13-11-21(12-14-23)18-26-27-25(29)19-28(22-7-5-4-6-8-22)33(30,31)24-15-9-20(2)10-16-24/h3-16,18H,1,17,19H2,2H3,(H,27,29)/b26-18-. The van der Waals surface area contributed by atoms with E-state index in [9.17, 15) is 13.2 Å². The Bertz CT molecular complexity index is 1210. The van der Waals surface area contributed by atoms with E-state index in [1.54, 1.807) is 72.8 Å². The minimum Gasteiger partial charge on any atom is -0.490 e. The maximum Gasteiger partial charge on any atom is 0.264 e. The fourth-order valence-corrected chi connectivity index (χ4v) is 4.32. The molecule has 0 heterocycles. The summed E-state index contributed by atoms with van der Waals surface area (Å²) in [7, 11) is -3.96. The molecule has 0 aromatic heterocycles. The molecule has 0 aliphatic carbocycles. The Morgan fingerprint density at radius 1 is 1.03 bits per heavy atom. The number of amides is 1. The third-order valence-electron chi connectivity index (χ3n) is 4.59. The predicted molar refractivity (Wildman–Crippen MR) is 130 cm³/mol. The number of benzene rings is 3. The molecule has 0 bridgehead atoms. The van der Waals surface area contributed by atoms with E-state index >= 15 is 0 Å². The van der Waals surface area contributed by atoms with Crippen LogP contribution >= 0.6 is 0 Å². The Kier molecular flexibility index (Phi) is 7.99. The second kappa shape index (κ2) is 11.1. The molecule has 3 aromatic rings. The first-order valence-electron chi connectivity index (χ1n) is 10.2. The Labute approximate surface area is 194 Å². The minimum absolute atomic E-state index is 0.104. The van der Waals surface area contributed by atoms with Crippen LogP contribution in [0.15, 0.2) is 102 Å². The Balaban J connectivity index is 1.72. The minimum atomic E-state index is -3.96. The van der Waals surface area contributed by atoms with E-state index in [0.717, 1.165) is 15.4 Å². The fourth-order valence-electron chi connectivity index (χ4n) is 2.90. The third kappa shape index (κ3) is 6.54. The predicted octanol–water partition coefficient (Wildman–Crippen LogP) is 3.91. The molecule has 1 amide bonds. The number of hydrogen-bond donors (Lipinski definition) is 1. The average molecular weight is 464 g/mol. The number of hydrazone groups is 1. The van der Waals surface area contributed by atoms with Gasteiger partial charge in [0.25, 0.3) is 15.9 Å². The van der Waals surface area contributed by atoms with Crippen molar-refractivity contribution in [1.82, 2.24) is 5.43 Å². The van der Waals surface area contributed by atoms with Crippen molar-refractivity contribution in [1.29, 1.82) is 0 Å². The van der Waals surface area contributed by atoms with Crippen molar-refractivity contribution >= 4 is 27.8 Å². The van der Waals surface area contributed by atoms with Crippen LogP contribution in [0.25, 0.3) is 0 Å². The Morgan fingerprint density at radius 2 is 1.70 bits per heavy atom. The van der Waals surface area contributed by atoms with E-state index in [4.69, 9.17) is 4.74 Å². The van der Waals surface area contributed by atoms with E-state index in [2.05, 4.69) is 17.1 Å². The second-order valence-electron chi connectivity index (χ2n) is 7.12. The summed E-state index contributed by atoms with van der Waals surface area (Å²) in [6, 6.07) is 22.1. The first kappa shape index (κ1) is 23.7.